The Bertz CT molecular complexity index is 584. The van der Waals surface area contributed by atoms with Crippen LogP contribution in [-0.4, -0.2) is 0 Å². The second-order valence-electron chi connectivity index (χ2n) is 3.87. The van der Waals surface area contributed by atoms with Gasteiger partial charge in [0, 0.05) is 26.2 Å². The fraction of sp³-hybridized carbons (Fsp3) is 0.143. The van der Waals surface area contributed by atoms with Gasteiger partial charge in [0.2, 0.25) is 0 Å². The first-order chi connectivity index (χ1) is 9.11. The standard InChI is InChI=1S/C14H10Cl4O/c15-7-11-12(17)2-1-3-14(11)19-8-9-4-5-10(16)6-13(9)18/h1-6H,7-8H2. The van der Waals surface area contributed by atoms with Crippen molar-refractivity contribution in [3.05, 3.63) is 62.6 Å². The molecule has 0 fully saturated rings. The molecule has 0 saturated heterocycles. The molecule has 2 aromatic carbocycles. The monoisotopic (exact) mass is 334 g/mol. The third kappa shape index (κ3) is 3.70. The van der Waals surface area contributed by atoms with Crippen LogP contribution in [-0.2, 0) is 12.5 Å². The van der Waals surface area contributed by atoms with E-state index in [0.29, 0.717) is 33.3 Å². The largest absolute Gasteiger partial charge is 0.488 e. The number of benzene rings is 2. The zero-order chi connectivity index (χ0) is 13.8. The SMILES string of the molecule is ClCc1c(Cl)cccc1OCc1ccc(Cl)cc1Cl. The van der Waals surface area contributed by atoms with E-state index in [1.165, 1.54) is 0 Å². The number of hydrogen-bond acceptors (Lipinski definition) is 1. The summed E-state index contributed by atoms with van der Waals surface area (Å²) in [7, 11) is 0. The zero-order valence-corrected chi connectivity index (χ0v) is 12.8. The molecule has 0 heterocycles. The lowest BCUT2D eigenvalue weighted by molar-refractivity contribution is 0.304. The highest BCUT2D eigenvalue weighted by molar-refractivity contribution is 6.35. The normalized spacial score (nSPS) is 10.5. The minimum atomic E-state index is 0.295. The van der Waals surface area contributed by atoms with Gasteiger partial charge in [-0.05, 0) is 24.3 Å². The molecule has 19 heavy (non-hydrogen) atoms. The number of halogens is 4. The van der Waals surface area contributed by atoms with E-state index < -0.39 is 0 Å². The summed E-state index contributed by atoms with van der Waals surface area (Å²) >= 11 is 23.8. The van der Waals surface area contributed by atoms with Gasteiger partial charge in [-0.3, -0.25) is 0 Å². The van der Waals surface area contributed by atoms with Gasteiger partial charge in [0.25, 0.3) is 0 Å². The summed E-state index contributed by atoms with van der Waals surface area (Å²) in [6, 6.07) is 10.7. The number of ether oxygens (including phenoxy) is 1. The Hall–Kier alpha value is -0.600. The van der Waals surface area contributed by atoms with E-state index >= 15 is 0 Å². The van der Waals surface area contributed by atoms with Gasteiger partial charge < -0.3 is 4.74 Å². The van der Waals surface area contributed by atoms with Crippen molar-refractivity contribution in [2.24, 2.45) is 0 Å². The minimum Gasteiger partial charge on any atom is -0.488 e. The Balaban J connectivity index is 2.17. The molecule has 0 aliphatic carbocycles. The highest BCUT2D eigenvalue weighted by atomic mass is 35.5. The molecule has 0 aliphatic heterocycles. The second-order valence-corrected chi connectivity index (χ2v) is 5.39. The fourth-order valence-corrected chi connectivity index (χ4v) is 2.64. The summed E-state index contributed by atoms with van der Waals surface area (Å²) in [4.78, 5) is 0. The predicted molar refractivity (Wildman–Crippen MR) is 81.8 cm³/mol. The molecule has 0 amide bonds. The van der Waals surface area contributed by atoms with E-state index in [1.807, 2.05) is 18.2 Å². The fourth-order valence-electron chi connectivity index (χ4n) is 1.60. The molecule has 0 bridgehead atoms. The summed E-state index contributed by atoms with van der Waals surface area (Å²) in [5.74, 6) is 0.956. The molecule has 0 spiro atoms. The molecule has 0 aliphatic rings. The highest BCUT2D eigenvalue weighted by Gasteiger charge is 2.08. The van der Waals surface area contributed by atoms with Gasteiger partial charge in [-0.1, -0.05) is 46.9 Å². The highest BCUT2D eigenvalue weighted by Crippen LogP contribution is 2.29. The van der Waals surface area contributed by atoms with Crippen molar-refractivity contribution in [1.82, 2.24) is 0 Å². The van der Waals surface area contributed by atoms with Gasteiger partial charge >= 0.3 is 0 Å². The maximum absolute atomic E-state index is 6.08. The molecule has 0 atom stereocenters. The summed E-state index contributed by atoms with van der Waals surface area (Å²) in [5, 5.41) is 1.76. The van der Waals surface area contributed by atoms with E-state index in [2.05, 4.69) is 0 Å². The second kappa shape index (κ2) is 6.71. The third-order valence-electron chi connectivity index (χ3n) is 2.61. The van der Waals surface area contributed by atoms with Crippen LogP contribution in [0.4, 0.5) is 0 Å². The Labute approximate surface area is 132 Å². The summed E-state index contributed by atoms with van der Waals surface area (Å²) in [6.07, 6.45) is 0. The maximum atomic E-state index is 6.08. The van der Waals surface area contributed by atoms with Crippen molar-refractivity contribution in [1.29, 1.82) is 0 Å². The van der Waals surface area contributed by atoms with Gasteiger partial charge in [-0.2, -0.15) is 0 Å². The van der Waals surface area contributed by atoms with E-state index in [4.69, 9.17) is 51.1 Å². The Morgan fingerprint density at radius 1 is 0.947 bits per heavy atom. The van der Waals surface area contributed by atoms with Crippen molar-refractivity contribution < 1.29 is 4.74 Å². The molecular weight excluding hydrogens is 326 g/mol. The van der Waals surface area contributed by atoms with Crippen molar-refractivity contribution in [3.63, 3.8) is 0 Å². The zero-order valence-electron chi connectivity index (χ0n) is 9.80. The lowest BCUT2D eigenvalue weighted by Crippen LogP contribution is -1.99. The van der Waals surface area contributed by atoms with Crippen LogP contribution in [0.5, 0.6) is 5.75 Å². The summed E-state index contributed by atoms with van der Waals surface area (Å²) < 4.78 is 5.72. The van der Waals surface area contributed by atoms with Crippen molar-refractivity contribution in [2.45, 2.75) is 12.5 Å². The third-order valence-corrected chi connectivity index (χ3v) is 3.82. The average Bonchev–Trinajstić information content (AvgIpc) is 2.38. The predicted octanol–water partition coefficient (Wildman–Crippen LogP) is 5.96. The van der Waals surface area contributed by atoms with E-state index in [-0.39, 0.29) is 0 Å². The summed E-state index contributed by atoms with van der Waals surface area (Å²) in [5.41, 5.74) is 1.63. The molecule has 0 aromatic heterocycles. The van der Waals surface area contributed by atoms with Crippen molar-refractivity contribution >= 4 is 46.4 Å². The van der Waals surface area contributed by atoms with Crippen LogP contribution < -0.4 is 4.74 Å². The quantitative estimate of drug-likeness (QED) is 0.626. The van der Waals surface area contributed by atoms with Crippen molar-refractivity contribution in [2.75, 3.05) is 0 Å². The van der Waals surface area contributed by atoms with Crippen LogP contribution in [0.3, 0.4) is 0 Å². The Morgan fingerprint density at radius 2 is 1.74 bits per heavy atom. The molecule has 5 heteroatoms. The number of rotatable bonds is 4. The molecule has 0 saturated carbocycles. The Kier molecular flexibility index (Phi) is 5.23. The van der Waals surface area contributed by atoms with Gasteiger partial charge in [0.15, 0.2) is 0 Å². The molecule has 1 nitrogen and oxygen atoms in total. The van der Waals surface area contributed by atoms with Crippen LogP contribution in [0.25, 0.3) is 0 Å². The lowest BCUT2D eigenvalue weighted by Gasteiger charge is -2.12. The molecular formula is C14H10Cl4O. The van der Waals surface area contributed by atoms with E-state index in [1.54, 1.807) is 18.2 Å². The number of alkyl halides is 1. The molecule has 0 radical (unpaired) electrons. The number of hydrogen-bond donors (Lipinski definition) is 0. The molecule has 100 valence electrons. The molecule has 2 aromatic rings. The van der Waals surface area contributed by atoms with Crippen LogP contribution in [0, 0.1) is 0 Å². The minimum absolute atomic E-state index is 0.295. The molecule has 0 N–H and O–H groups in total. The van der Waals surface area contributed by atoms with Gasteiger partial charge in [0.05, 0.1) is 5.88 Å². The first-order valence-electron chi connectivity index (χ1n) is 5.52. The van der Waals surface area contributed by atoms with Gasteiger partial charge in [-0.15, -0.1) is 11.6 Å². The van der Waals surface area contributed by atoms with Crippen LogP contribution in [0.1, 0.15) is 11.1 Å². The topological polar surface area (TPSA) is 9.23 Å². The molecule has 2 rings (SSSR count). The molecule has 0 unspecified atom stereocenters. The smallest absolute Gasteiger partial charge is 0.125 e. The first-order valence-corrected chi connectivity index (χ1v) is 7.18. The Morgan fingerprint density at radius 3 is 2.42 bits per heavy atom. The summed E-state index contributed by atoms with van der Waals surface area (Å²) in [6.45, 7) is 0.334. The van der Waals surface area contributed by atoms with E-state index in [9.17, 15) is 0 Å². The van der Waals surface area contributed by atoms with Gasteiger partial charge in [0.1, 0.15) is 12.4 Å². The van der Waals surface area contributed by atoms with Gasteiger partial charge in [-0.25, -0.2) is 0 Å². The lowest BCUT2D eigenvalue weighted by atomic mass is 10.2. The van der Waals surface area contributed by atoms with Crippen LogP contribution in [0.2, 0.25) is 15.1 Å². The first kappa shape index (κ1) is 14.8. The van der Waals surface area contributed by atoms with Crippen molar-refractivity contribution in [3.8, 4) is 5.75 Å². The van der Waals surface area contributed by atoms with E-state index in [0.717, 1.165) is 11.1 Å². The maximum Gasteiger partial charge on any atom is 0.125 e. The average molecular weight is 336 g/mol. The van der Waals surface area contributed by atoms with Crippen LogP contribution >= 0.6 is 46.4 Å². The van der Waals surface area contributed by atoms with Crippen LogP contribution in [0.15, 0.2) is 36.4 Å².